The predicted octanol–water partition coefficient (Wildman–Crippen LogP) is 4.17. The van der Waals surface area contributed by atoms with Crippen LogP contribution in [0.25, 0.3) is 5.65 Å². The van der Waals surface area contributed by atoms with Crippen LogP contribution in [0.4, 0.5) is 13.2 Å². The largest absolute Gasteiger partial charge is 0.417 e. The summed E-state index contributed by atoms with van der Waals surface area (Å²) in [6.07, 6.45) is -0.264. The second kappa shape index (κ2) is 7.69. The Hall–Kier alpha value is -1.77. The number of fused-ring (bicyclic) bond motifs is 1. The van der Waals surface area contributed by atoms with E-state index in [1.165, 1.54) is 16.9 Å². The van der Waals surface area contributed by atoms with Crippen molar-refractivity contribution >= 4 is 23.3 Å². The first-order valence-electron chi connectivity index (χ1n) is 9.06. The number of thioether (sulfide) groups is 1. The predicted molar refractivity (Wildman–Crippen MR) is 97.4 cm³/mol. The third-order valence-electron chi connectivity index (χ3n) is 5.38. The first-order valence-corrected chi connectivity index (χ1v) is 9.94. The molecule has 1 saturated carbocycles. The molecule has 5 nitrogen and oxygen atoms in total. The van der Waals surface area contributed by atoms with Crippen molar-refractivity contribution in [3.05, 3.63) is 23.9 Å². The summed E-state index contributed by atoms with van der Waals surface area (Å²) in [5, 5.41) is 10.7. The Bertz CT molecular complexity index is 823. The molecule has 0 radical (unpaired) electrons. The van der Waals surface area contributed by atoms with E-state index < -0.39 is 17.0 Å². The Morgan fingerprint density at radius 2 is 2.04 bits per heavy atom. The normalized spacial score (nSPS) is 24.7. The Morgan fingerprint density at radius 3 is 2.74 bits per heavy atom. The molecule has 1 aliphatic carbocycles. The highest BCUT2D eigenvalue weighted by atomic mass is 32.2. The molecule has 0 saturated heterocycles. The third kappa shape index (κ3) is 4.39. The van der Waals surface area contributed by atoms with Gasteiger partial charge in [0, 0.05) is 12.2 Å². The van der Waals surface area contributed by atoms with Crippen molar-refractivity contribution in [1.82, 2.24) is 19.9 Å². The van der Waals surface area contributed by atoms with Crippen LogP contribution < -0.4 is 5.32 Å². The zero-order chi connectivity index (χ0) is 19.8. The first kappa shape index (κ1) is 20.0. The van der Waals surface area contributed by atoms with Gasteiger partial charge in [-0.15, -0.1) is 10.2 Å². The monoisotopic (exact) mass is 400 g/mol. The zero-order valence-corrected chi connectivity index (χ0v) is 16.3. The van der Waals surface area contributed by atoms with Gasteiger partial charge in [-0.2, -0.15) is 13.2 Å². The molecule has 2 aromatic heterocycles. The van der Waals surface area contributed by atoms with Crippen LogP contribution in [0.2, 0.25) is 0 Å². The van der Waals surface area contributed by atoms with Crippen molar-refractivity contribution in [2.45, 2.75) is 62.7 Å². The number of pyridine rings is 1. The Balaban J connectivity index is 1.71. The van der Waals surface area contributed by atoms with Crippen molar-refractivity contribution in [3.8, 4) is 0 Å². The topological polar surface area (TPSA) is 59.3 Å². The maximum Gasteiger partial charge on any atom is 0.417 e. The molecule has 1 aliphatic rings. The second-order valence-electron chi connectivity index (χ2n) is 7.27. The molecule has 2 heterocycles. The van der Waals surface area contributed by atoms with Gasteiger partial charge < -0.3 is 5.32 Å². The molecule has 148 valence electrons. The van der Waals surface area contributed by atoms with E-state index in [1.807, 2.05) is 0 Å². The molecule has 27 heavy (non-hydrogen) atoms. The Labute approximate surface area is 160 Å². The number of aromatic nitrogens is 3. The van der Waals surface area contributed by atoms with Gasteiger partial charge in [0.15, 0.2) is 10.8 Å². The summed E-state index contributed by atoms with van der Waals surface area (Å²) < 4.78 is 40.1. The van der Waals surface area contributed by atoms with Gasteiger partial charge in [0.2, 0.25) is 5.91 Å². The SMILES string of the molecule is CC(Sc1nnc2ccc(C(F)(F)F)cn12)C(=O)NC1CCCC(C)C1C. The van der Waals surface area contributed by atoms with E-state index in [1.54, 1.807) is 6.92 Å². The Morgan fingerprint density at radius 1 is 1.30 bits per heavy atom. The van der Waals surface area contributed by atoms with Gasteiger partial charge in [0.1, 0.15) is 0 Å². The van der Waals surface area contributed by atoms with E-state index in [-0.39, 0.29) is 17.1 Å². The highest BCUT2D eigenvalue weighted by Crippen LogP contribution is 2.32. The van der Waals surface area contributed by atoms with Crippen molar-refractivity contribution in [3.63, 3.8) is 0 Å². The molecule has 0 aromatic carbocycles. The minimum absolute atomic E-state index is 0.130. The molecule has 1 amide bonds. The summed E-state index contributed by atoms with van der Waals surface area (Å²) in [6, 6.07) is 2.38. The molecule has 0 spiro atoms. The maximum absolute atomic E-state index is 12.9. The minimum atomic E-state index is -4.45. The average Bonchev–Trinajstić information content (AvgIpc) is 3.00. The van der Waals surface area contributed by atoms with E-state index >= 15 is 0 Å². The van der Waals surface area contributed by atoms with Crippen LogP contribution in [-0.2, 0) is 11.0 Å². The second-order valence-corrected chi connectivity index (χ2v) is 8.58. The summed E-state index contributed by atoms with van der Waals surface area (Å²) in [7, 11) is 0. The van der Waals surface area contributed by atoms with E-state index in [0.717, 1.165) is 36.9 Å². The summed E-state index contributed by atoms with van der Waals surface area (Å²) in [4.78, 5) is 12.6. The summed E-state index contributed by atoms with van der Waals surface area (Å²) in [5.41, 5.74) is -0.466. The number of halogens is 3. The maximum atomic E-state index is 12.9. The summed E-state index contributed by atoms with van der Waals surface area (Å²) in [5.74, 6) is 0.839. The molecule has 1 fully saturated rings. The fourth-order valence-electron chi connectivity index (χ4n) is 3.42. The van der Waals surface area contributed by atoms with Gasteiger partial charge in [0.05, 0.1) is 10.8 Å². The van der Waals surface area contributed by atoms with Crippen LogP contribution in [0.3, 0.4) is 0 Å². The van der Waals surface area contributed by atoms with Crippen LogP contribution in [0.5, 0.6) is 0 Å². The minimum Gasteiger partial charge on any atom is -0.352 e. The number of alkyl halides is 3. The molecule has 4 atom stereocenters. The molecular weight excluding hydrogens is 377 g/mol. The fraction of sp³-hybridized carbons (Fsp3) is 0.611. The number of amides is 1. The van der Waals surface area contributed by atoms with Crippen molar-refractivity contribution in [1.29, 1.82) is 0 Å². The van der Waals surface area contributed by atoms with E-state index in [4.69, 9.17) is 0 Å². The van der Waals surface area contributed by atoms with E-state index in [2.05, 4.69) is 29.4 Å². The van der Waals surface area contributed by atoms with Gasteiger partial charge in [-0.05, 0) is 37.3 Å². The van der Waals surface area contributed by atoms with E-state index in [0.29, 0.717) is 17.5 Å². The van der Waals surface area contributed by atoms with Crippen LogP contribution in [0, 0.1) is 11.8 Å². The third-order valence-corrected chi connectivity index (χ3v) is 6.44. The van der Waals surface area contributed by atoms with Crippen LogP contribution in [-0.4, -0.2) is 31.8 Å². The number of rotatable bonds is 4. The lowest BCUT2D eigenvalue weighted by Crippen LogP contribution is -2.46. The molecule has 9 heteroatoms. The fourth-order valence-corrected chi connectivity index (χ4v) is 4.25. The molecule has 0 bridgehead atoms. The highest BCUT2D eigenvalue weighted by molar-refractivity contribution is 8.00. The van der Waals surface area contributed by atoms with Gasteiger partial charge >= 0.3 is 6.18 Å². The number of nitrogens with one attached hydrogen (secondary N) is 1. The number of carbonyl (C=O) groups excluding carboxylic acids is 1. The van der Waals surface area contributed by atoms with Crippen LogP contribution >= 0.6 is 11.8 Å². The molecule has 1 N–H and O–H groups in total. The number of carbonyl (C=O) groups is 1. The number of nitrogens with zero attached hydrogens (tertiary/aromatic N) is 3. The molecule has 3 rings (SSSR count). The quantitative estimate of drug-likeness (QED) is 0.783. The number of hydrogen-bond donors (Lipinski definition) is 1. The molecule has 4 unspecified atom stereocenters. The van der Waals surface area contributed by atoms with E-state index in [9.17, 15) is 18.0 Å². The van der Waals surface area contributed by atoms with Crippen LogP contribution in [0.15, 0.2) is 23.5 Å². The highest BCUT2D eigenvalue weighted by Gasteiger charge is 2.32. The smallest absolute Gasteiger partial charge is 0.352 e. The summed E-state index contributed by atoms with van der Waals surface area (Å²) >= 11 is 1.11. The lowest BCUT2D eigenvalue weighted by atomic mass is 9.78. The standard InChI is InChI=1S/C18H23F3N4OS/c1-10-5-4-6-14(11(10)2)22-16(26)12(3)27-17-24-23-15-8-7-13(9-25(15)17)18(19,20)21/h7-12,14H,4-6H2,1-3H3,(H,22,26). The Kier molecular flexibility index (Phi) is 5.69. The van der Waals surface area contributed by atoms with Crippen molar-refractivity contribution < 1.29 is 18.0 Å². The van der Waals surface area contributed by atoms with Gasteiger partial charge in [0.25, 0.3) is 0 Å². The van der Waals surface area contributed by atoms with Crippen molar-refractivity contribution in [2.75, 3.05) is 0 Å². The molecular formula is C18H23F3N4OS. The van der Waals surface area contributed by atoms with Crippen molar-refractivity contribution in [2.24, 2.45) is 11.8 Å². The van der Waals surface area contributed by atoms with Crippen LogP contribution in [0.1, 0.15) is 45.6 Å². The average molecular weight is 400 g/mol. The first-order chi connectivity index (χ1) is 12.7. The molecule has 0 aliphatic heterocycles. The van der Waals surface area contributed by atoms with Gasteiger partial charge in [-0.25, -0.2) is 0 Å². The van der Waals surface area contributed by atoms with Gasteiger partial charge in [-0.1, -0.05) is 38.5 Å². The van der Waals surface area contributed by atoms with Gasteiger partial charge in [-0.3, -0.25) is 9.20 Å². The lowest BCUT2D eigenvalue weighted by molar-refractivity contribution is -0.137. The number of hydrogen-bond acceptors (Lipinski definition) is 4. The zero-order valence-electron chi connectivity index (χ0n) is 15.5. The lowest BCUT2D eigenvalue weighted by Gasteiger charge is -2.35. The molecule has 2 aromatic rings. The summed E-state index contributed by atoms with van der Waals surface area (Å²) in [6.45, 7) is 6.07.